The van der Waals surface area contributed by atoms with Crippen LogP contribution in [0.1, 0.15) is 0 Å². The smallest absolute Gasteiger partial charge is 0.163 e. The lowest BCUT2D eigenvalue weighted by atomic mass is 10.0. The molecule has 4 heterocycles. The summed E-state index contributed by atoms with van der Waals surface area (Å²) >= 11 is 0. The fourth-order valence-corrected chi connectivity index (χ4v) is 9.00. The fraction of sp³-hybridized carbons (Fsp3) is 0. The van der Waals surface area contributed by atoms with E-state index in [9.17, 15) is 0 Å². The molecule has 5 nitrogen and oxygen atoms in total. The van der Waals surface area contributed by atoms with Crippen molar-refractivity contribution in [2.24, 2.45) is 0 Å². The van der Waals surface area contributed by atoms with Crippen LogP contribution in [0.4, 0.5) is 0 Å². The summed E-state index contributed by atoms with van der Waals surface area (Å²) in [7, 11) is 0. The first-order chi connectivity index (χ1) is 28.3. The van der Waals surface area contributed by atoms with Crippen LogP contribution in [0.5, 0.6) is 0 Å². The van der Waals surface area contributed by atoms with Gasteiger partial charge in [0.05, 0.1) is 33.1 Å². The van der Waals surface area contributed by atoms with Gasteiger partial charge in [-0.3, -0.25) is 9.13 Å². The average molecular weight is 728 g/mol. The molecule has 0 fully saturated rings. The number of hydrogen-bond donors (Lipinski definition) is 0. The highest BCUT2D eigenvalue weighted by molar-refractivity contribution is 6.23. The SMILES string of the molecule is c1ccc(-c2cccc(-c3nc(-n4c5ccccc5c5ccccc54)cc(-n4c5ccccc5c5ccc6c7ccccc7n(-c7ccccc7)c6c54)n3)c2)cc1. The molecule has 57 heavy (non-hydrogen) atoms. The molecule has 266 valence electrons. The Kier molecular flexibility index (Phi) is 6.86. The van der Waals surface area contributed by atoms with Crippen LogP contribution in [0.3, 0.4) is 0 Å². The van der Waals surface area contributed by atoms with Gasteiger partial charge in [-0.2, -0.15) is 0 Å². The molecule has 0 spiro atoms. The molecule has 0 aliphatic heterocycles. The first-order valence-corrected chi connectivity index (χ1v) is 19.3. The van der Waals surface area contributed by atoms with Crippen molar-refractivity contribution in [2.45, 2.75) is 0 Å². The van der Waals surface area contributed by atoms with Gasteiger partial charge in [0.15, 0.2) is 5.82 Å². The van der Waals surface area contributed by atoms with Crippen molar-refractivity contribution in [1.29, 1.82) is 0 Å². The van der Waals surface area contributed by atoms with Gasteiger partial charge in [-0.1, -0.05) is 152 Å². The van der Waals surface area contributed by atoms with E-state index >= 15 is 0 Å². The van der Waals surface area contributed by atoms with Crippen molar-refractivity contribution in [3.05, 3.63) is 200 Å². The minimum atomic E-state index is 0.656. The highest BCUT2D eigenvalue weighted by Gasteiger charge is 2.23. The summed E-state index contributed by atoms with van der Waals surface area (Å²) in [5.41, 5.74) is 11.0. The maximum Gasteiger partial charge on any atom is 0.163 e. The molecular formula is C52H33N5. The Balaban J connectivity index is 1.24. The monoisotopic (exact) mass is 727 g/mol. The van der Waals surface area contributed by atoms with Crippen molar-refractivity contribution in [2.75, 3.05) is 0 Å². The molecule has 0 atom stereocenters. The average Bonchev–Trinajstić information content (AvgIpc) is 3.93. The fourth-order valence-electron chi connectivity index (χ4n) is 9.00. The van der Waals surface area contributed by atoms with Crippen LogP contribution in [0.25, 0.3) is 105 Å². The lowest BCUT2D eigenvalue weighted by Gasteiger charge is -2.15. The van der Waals surface area contributed by atoms with Crippen molar-refractivity contribution in [3.63, 3.8) is 0 Å². The summed E-state index contributed by atoms with van der Waals surface area (Å²) in [5, 5.41) is 7.12. The molecule has 0 amide bonds. The van der Waals surface area contributed by atoms with E-state index in [0.29, 0.717) is 5.82 Å². The summed E-state index contributed by atoms with van der Waals surface area (Å²) < 4.78 is 7.08. The molecule has 0 saturated heterocycles. The van der Waals surface area contributed by atoms with Gasteiger partial charge in [-0.05, 0) is 53.6 Å². The van der Waals surface area contributed by atoms with Crippen LogP contribution < -0.4 is 0 Å². The highest BCUT2D eigenvalue weighted by Crippen LogP contribution is 2.42. The van der Waals surface area contributed by atoms with Gasteiger partial charge in [0.2, 0.25) is 0 Å². The van der Waals surface area contributed by atoms with Crippen LogP contribution >= 0.6 is 0 Å². The number of nitrogens with zero attached hydrogens (tertiary/aromatic N) is 5. The van der Waals surface area contributed by atoms with Crippen LogP contribution in [-0.2, 0) is 0 Å². The number of rotatable bonds is 5. The summed E-state index contributed by atoms with van der Waals surface area (Å²) in [6.07, 6.45) is 0. The Hall–Kier alpha value is -7.76. The molecular weight excluding hydrogens is 695 g/mol. The quantitative estimate of drug-likeness (QED) is 0.177. The molecule has 0 saturated carbocycles. The Labute approximate surface area is 328 Å². The number of benzene rings is 8. The predicted molar refractivity (Wildman–Crippen MR) is 236 cm³/mol. The third-order valence-corrected chi connectivity index (χ3v) is 11.4. The molecule has 0 unspecified atom stereocenters. The largest absolute Gasteiger partial charge is 0.307 e. The molecule has 0 aliphatic rings. The Morgan fingerprint density at radius 3 is 1.30 bits per heavy atom. The Morgan fingerprint density at radius 2 is 0.702 bits per heavy atom. The summed E-state index contributed by atoms with van der Waals surface area (Å²) in [4.78, 5) is 11.0. The summed E-state index contributed by atoms with van der Waals surface area (Å²) in [5.74, 6) is 2.26. The van der Waals surface area contributed by atoms with E-state index in [-0.39, 0.29) is 0 Å². The van der Waals surface area contributed by atoms with Gasteiger partial charge < -0.3 is 4.57 Å². The van der Waals surface area contributed by atoms with E-state index in [1.165, 1.54) is 32.3 Å². The van der Waals surface area contributed by atoms with Gasteiger partial charge >= 0.3 is 0 Å². The lowest BCUT2D eigenvalue weighted by molar-refractivity contribution is 0.994. The Bertz CT molecular complexity index is 3460. The molecule has 5 heteroatoms. The maximum atomic E-state index is 5.54. The molecule has 0 aliphatic carbocycles. The second-order valence-electron chi connectivity index (χ2n) is 14.6. The second kappa shape index (κ2) is 12.4. The third-order valence-electron chi connectivity index (χ3n) is 11.4. The van der Waals surface area contributed by atoms with E-state index in [1.54, 1.807) is 0 Å². The Morgan fingerprint density at radius 1 is 0.281 bits per heavy atom. The van der Waals surface area contributed by atoms with Crippen LogP contribution in [0, 0.1) is 0 Å². The normalized spacial score (nSPS) is 11.9. The first kappa shape index (κ1) is 31.6. The van der Waals surface area contributed by atoms with Crippen LogP contribution in [-0.4, -0.2) is 23.7 Å². The van der Waals surface area contributed by atoms with Crippen molar-refractivity contribution in [3.8, 4) is 39.8 Å². The topological polar surface area (TPSA) is 40.6 Å². The maximum absolute atomic E-state index is 5.54. The van der Waals surface area contributed by atoms with Gasteiger partial charge in [0.1, 0.15) is 11.6 Å². The van der Waals surface area contributed by atoms with Crippen molar-refractivity contribution >= 4 is 65.4 Å². The predicted octanol–water partition coefficient (Wildman–Crippen LogP) is 13.1. The van der Waals surface area contributed by atoms with Crippen LogP contribution in [0.15, 0.2) is 200 Å². The zero-order valence-corrected chi connectivity index (χ0v) is 30.8. The molecule has 8 aromatic carbocycles. The number of hydrogen-bond acceptors (Lipinski definition) is 2. The van der Waals surface area contributed by atoms with Crippen molar-refractivity contribution < 1.29 is 0 Å². The van der Waals surface area contributed by atoms with Crippen molar-refractivity contribution in [1.82, 2.24) is 23.7 Å². The van der Waals surface area contributed by atoms with E-state index in [0.717, 1.165) is 67.1 Å². The second-order valence-corrected chi connectivity index (χ2v) is 14.6. The minimum Gasteiger partial charge on any atom is -0.307 e. The minimum absolute atomic E-state index is 0.656. The number of para-hydroxylation sites is 5. The number of aromatic nitrogens is 5. The standard InChI is InChI=1S/C52H33N5/c1-3-16-34(17-4-1)35-18-15-19-36(32-35)52-53-48(56-45-27-12-7-22-38(45)39-23-8-13-28-46(39)56)33-49(54-52)57-47-29-14-10-25-41(47)43-31-30-42-40-24-9-11-26-44(40)55(50(42)51(43)57)37-20-5-2-6-21-37/h1-33H. The highest BCUT2D eigenvalue weighted by atomic mass is 15.2. The third kappa shape index (κ3) is 4.76. The molecule has 12 aromatic rings. The summed E-state index contributed by atoms with van der Waals surface area (Å²) in [6.45, 7) is 0. The summed E-state index contributed by atoms with van der Waals surface area (Å²) in [6, 6.07) is 71.2. The van der Waals surface area contributed by atoms with Crippen LogP contribution in [0.2, 0.25) is 0 Å². The number of fused-ring (bicyclic) bond motifs is 10. The van der Waals surface area contributed by atoms with Gasteiger partial charge in [0, 0.05) is 49.6 Å². The molecule has 4 aromatic heterocycles. The molecule has 0 radical (unpaired) electrons. The van der Waals surface area contributed by atoms with Gasteiger partial charge in [0.25, 0.3) is 0 Å². The van der Waals surface area contributed by atoms with E-state index in [4.69, 9.17) is 9.97 Å². The molecule has 0 N–H and O–H groups in total. The van der Waals surface area contributed by atoms with E-state index in [1.807, 2.05) is 0 Å². The zero-order chi connectivity index (χ0) is 37.5. The molecule has 0 bridgehead atoms. The molecule has 12 rings (SSSR count). The van der Waals surface area contributed by atoms with Gasteiger partial charge in [-0.25, -0.2) is 9.97 Å². The lowest BCUT2D eigenvalue weighted by Crippen LogP contribution is -2.07. The van der Waals surface area contributed by atoms with E-state index in [2.05, 4.69) is 214 Å². The van der Waals surface area contributed by atoms with E-state index < -0.39 is 0 Å². The first-order valence-electron chi connectivity index (χ1n) is 19.3. The van der Waals surface area contributed by atoms with Gasteiger partial charge in [-0.15, -0.1) is 0 Å². The zero-order valence-electron chi connectivity index (χ0n) is 30.8.